The van der Waals surface area contributed by atoms with Gasteiger partial charge in [0.25, 0.3) is 0 Å². The van der Waals surface area contributed by atoms with Crippen molar-refractivity contribution < 1.29 is 4.74 Å². The maximum atomic E-state index is 5.47. The Labute approximate surface area is 116 Å². The number of ether oxygens (including phenoxy) is 1. The van der Waals surface area contributed by atoms with E-state index in [9.17, 15) is 0 Å². The first kappa shape index (κ1) is 14.4. The first-order chi connectivity index (χ1) is 9.29. The molecule has 1 aliphatic heterocycles. The summed E-state index contributed by atoms with van der Waals surface area (Å²) in [6.07, 6.45) is 2.38. The van der Waals surface area contributed by atoms with Gasteiger partial charge in [-0.2, -0.15) is 0 Å². The van der Waals surface area contributed by atoms with E-state index in [0.717, 1.165) is 31.9 Å². The molecule has 0 radical (unpaired) electrons. The molecule has 0 aliphatic carbocycles. The minimum atomic E-state index is 0.675. The van der Waals surface area contributed by atoms with Gasteiger partial charge in [-0.1, -0.05) is 12.1 Å². The number of nitrogens with one attached hydrogen (secondary N) is 1. The lowest BCUT2D eigenvalue weighted by Crippen LogP contribution is -2.47. The Kier molecular flexibility index (Phi) is 5.67. The summed E-state index contributed by atoms with van der Waals surface area (Å²) < 4.78 is 5.47. The van der Waals surface area contributed by atoms with Gasteiger partial charge in [-0.25, -0.2) is 0 Å². The van der Waals surface area contributed by atoms with E-state index in [-0.39, 0.29) is 0 Å². The molecule has 106 valence electrons. The summed E-state index contributed by atoms with van der Waals surface area (Å²) in [6.45, 7) is 9.73. The summed E-state index contributed by atoms with van der Waals surface area (Å²) in [5.74, 6) is 0.974. The van der Waals surface area contributed by atoms with Gasteiger partial charge in [0, 0.05) is 32.2 Å². The first-order valence-electron chi connectivity index (χ1n) is 7.46. The first-order valence-corrected chi connectivity index (χ1v) is 7.46. The molecule has 3 heteroatoms. The zero-order valence-electron chi connectivity index (χ0n) is 12.2. The summed E-state index contributed by atoms with van der Waals surface area (Å²) in [6, 6.07) is 9.21. The Bertz CT molecular complexity index is 358. The van der Waals surface area contributed by atoms with Gasteiger partial charge in [-0.15, -0.1) is 0 Å². The van der Waals surface area contributed by atoms with Gasteiger partial charge in [-0.3, -0.25) is 4.90 Å². The molecule has 1 saturated heterocycles. The molecule has 1 atom stereocenters. The number of rotatable bonds is 6. The molecule has 1 fully saturated rings. The maximum absolute atomic E-state index is 5.47. The third kappa shape index (κ3) is 4.51. The molecule has 0 aromatic heterocycles. The molecule has 3 nitrogen and oxygen atoms in total. The quantitative estimate of drug-likeness (QED) is 0.851. The van der Waals surface area contributed by atoms with Gasteiger partial charge < -0.3 is 10.1 Å². The molecule has 0 bridgehead atoms. The van der Waals surface area contributed by atoms with Crippen molar-refractivity contribution in [2.75, 3.05) is 32.8 Å². The highest BCUT2D eigenvalue weighted by Crippen LogP contribution is 2.15. The van der Waals surface area contributed by atoms with Crippen molar-refractivity contribution >= 4 is 0 Å². The van der Waals surface area contributed by atoms with Gasteiger partial charge in [0.1, 0.15) is 5.75 Å². The van der Waals surface area contributed by atoms with Crippen LogP contribution in [-0.2, 0) is 6.42 Å². The minimum Gasteiger partial charge on any atom is -0.494 e. The van der Waals surface area contributed by atoms with Gasteiger partial charge in [-0.05, 0) is 44.4 Å². The highest BCUT2D eigenvalue weighted by atomic mass is 16.5. The summed E-state index contributed by atoms with van der Waals surface area (Å²) in [5, 5.41) is 3.41. The van der Waals surface area contributed by atoms with Crippen LogP contribution in [0.3, 0.4) is 0 Å². The van der Waals surface area contributed by atoms with Crippen LogP contribution in [0.25, 0.3) is 0 Å². The van der Waals surface area contributed by atoms with E-state index < -0.39 is 0 Å². The molecule has 1 unspecified atom stereocenters. The summed E-state index contributed by atoms with van der Waals surface area (Å²) >= 11 is 0. The second-order valence-electron chi connectivity index (χ2n) is 5.25. The molecule has 0 spiro atoms. The fourth-order valence-electron chi connectivity index (χ4n) is 2.60. The average molecular weight is 262 g/mol. The predicted molar refractivity (Wildman–Crippen MR) is 79.8 cm³/mol. The van der Waals surface area contributed by atoms with Crippen LogP contribution < -0.4 is 10.1 Å². The third-order valence-corrected chi connectivity index (χ3v) is 3.86. The van der Waals surface area contributed by atoms with Gasteiger partial charge in [0.2, 0.25) is 0 Å². The van der Waals surface area contributed by atoms with Gasteiger partial charge in [0.15, 0.2) is 0 Å². The number of hydrogen-bond acceptors (Lipinski definition) is 3. The van der Waals surface area contributed by atoms with Crippen molar-refractivity contribution in [1.82, 2.24) is 10.2 Å². The van der Waals surface area contributed by atoms with Crippen molar-refractivity contribution in [3.05, 3.63) is 29.8 Å². The second-order valence-corrected chi connectivity index (χ2v) is 5.25. The summed E-state index contributed by atoms with van der Waals surface area (Å²) in [7, 11) is 0. The Hall–Kier alpha value is -1.06. The molecular formula is C16H26N2O. The third-order valence-electron chi connectivity index (χ3n) is 3.86. The van der Waals surface area contributed by atoms with E-state index >= 15 is 0 Å². The topological polar surface area (TPSA) is 24.5 Å². The van der Waals surface area contributed by atoms with Crippen molar-refractivity contribution in [2.24, 2.45) is 0 Å². The van der Waals surface area contributed by atoms with Crippen LogP contribution in [0.2, 0.25) is 0 Å². The lowest BCUT2D eigenvalue weighted by Gasteiger charge is -2.32. The molecule has 1 aromatic rings. The number of benzene rings is 1. The van der Waals surface area contributed by atoms with E-state index in [2.05, 4.69) is 41.4 Å². The zero-order valence-corrected chi connectivity index (χ0v) is 12.2. The second kappa shape index (κ2) is 7.51. The molecule has 2 rings (SSSR count). The fourth-order valence-corrected chi connectivity index (χ4v) is 2.60. The molecule has 1 heterocycles. The van der Waals surface area contributed by atoms with Crippen molar-refractivity contribution in [1.29, 1.82) is 0 Å². The van der Waals surface area contributed by atoms with Gasteiger partial charge >= 0.3 is 0 Å². The smallest absolute Gasteiger partial charge is 0.119 e. The average Bonchev–Trinajstić information content (AvgIpc) is 2.47. The molecule has 0 amide bonds. The molecule has 19 heavy (non-hydrogen) atoms. The standard InChI is InChI=1S/C16H26N2O/c1-3-19-16-8-6-15(7-9-16)5-4-14(2)18-12-10-17-11-13-18/h6-9,14,17H,3-5,10-13H2,1-2H3. The molecule has 1 N–H and O–H groups in total. The number of hydrogen-bond donors (Lipinski definition) is 1. The number of aryl methyl sites for hydroxylation is 1. The largest absolute Gasteiger partial charge is 0.494 e. The minimum absolute atomic E-state index is 0.675. The van der Waals surface area contributed by atoms with Gasteiger partial charge in [0.05, 0.1) is 6.61 Å². The Balaban J connectivity index is 1.77. The Morgan fingerprint density at radius 2 is 1.89 bits per heavy atom. The van der Waals surface area contributed by atoms with Crippen LogP contribution in [0.15, 0.2) is 24.3 Å². The SMILES string of the molecule is CCOc1ccc(CCC(C)N2CCNCC2)cc1. The lowest BCUT2D eigenvalue weighted by molar-refractivity contribution is 0.177. The Morgan fingerprint density at radius 1 is 1.21 bits per heavy atom. The highest BCUT2D eigenvalue weighted by Gasteiger charge is 2.15. The molecular weight excluding hydrogens is 236 g/mol. The Morgan fingerprint density at radius 3 is 2.53 bits per heavy atom. The highest BCUT2D eigenvalue weighted by molar-refractivity contribution is 5.27. The summed E-state index contributed by atoms with van der Waals surface area (Å²) in [4.78, 5) is 2.59. The van der Waals surface area contributed by atoms with Crippen molar-refractivity contribution in [2.45, 2.75) is 32.7 Å². The van der Waals surface area contributed by atoms with E-state index in [1.165, 1.54) is 25.1 Å². The predicted octanol–water partition coefficient (Wildman–Crippen LogP) is 2.31. The van der Waals surface area contributed by atoms with Crippen LogP contribution in [-0.4, -0.2) is 43.7 Å². The summed E-state index contributed by atoms with van der Waals surface area (Å²) in [5.41, 5.74) is 1.41. The van der Waals surface area contributed by atoms with E-state index in [1.807, 2.05) is 6.92 Å². The molecule has 0 saturated carbocycles. The zero-order chi connectivity index (χ0) is 13.5. The number of nitrogens with zero attached hydrogens (tertiary/aromatic N) is 1. The van der Waals surface area contributed by atoms with E-state index in [1.54, 1.807) is 0 Å². The van der Waals surface area contributed by atoms with Crippen molar-refractivity contribution in [3.63, 3.8) is 0 Å². The fraction of sp³-hybridized carbons (Fsp3) is 0.625. The maximum Gasteiger partial charge on any atom is 0.119 e. The monoisotopic (exact) mass is 262 g/mol. The van der Waals surface area contributed by atoms with Crippen LogP contribution >= 0.6 is 0 Å². The molecule has 1 aromatic carbocycles. The number of piperazine rings is 1. The van der Waals surface area contributed by atoms with Crippen LogP contribution in [0.5, 0.6) is 5.75 Å². The van der Waals surface area contributed by atoms with Crippen LogP contribution in [0, 0.1) is 0 Å². The van der Waals surface area contributed by atoms with E-state index in [4.69, 9.17) is 4.74 Å². The molecule has 1 aliphatic rings. The lowest BCUT2D eigenvalue weighted by atomic mass is 10.0. The van der Waals surface area contributed by atoms with Crippen LogP contribution in [0.4, 0.5) is 0 Å². The van der Waals surface area contributed by atoms with Crippen molar-refractivity contribution in [3.8, 4) is 5.75 Å². The van der Waals surface area contributed by atoms with E-state index in [0.29, 0.717) is 6.04 Å². The normalized spacial score (nSPS) is 18.2. The van der Waals surface area contributed by atoms with Crippen LogP contribution in [0.1, 0.15) is 25.8 Å².